The molecule has 0 saturated heterocycles. The second-order valence-corrected chi connectivity index (χ2v) is 5.03. The zero-order valence-corrected chi connectivity index (χ0v) is 13.6. The van der Waals surface area contributed by atoms with Crippen molar-refractivity contribution in [3.8, 4) is 0 Å². The van der Waals surface area contributed by atoms with Gasteiger partial charge in [0.15, 0.2) is 5.92 Å². The zero-order valence-electron chi connectivity index (χ0n) is 12.9. The molecule has 7 nitrogen and oxygen atoms in total. The SMILES string of the molecule is CCOC(=O)C(C(=O)OCC)[C@H](C[N+](=O)[O-])c1ccccc1Cl. The Bertz CT molecular complexity index is 559. The number of esters is 2. The summed E-state index contributed by atoms with van der Waals surface area (Å²) in [7, 11) is 0. The standard InChI is InChI=1S/C15H18ClNO6/c1-3-22-14(18)13(15(19)23-4-2)11(9-17(20)21)10-7-5-6-8-12(10)16/h5-8,11,13H,3-4,9H2,1-2H3/t11-/m1/s1. The van der Waals surface area contributed by atoms with Crippen molar-refractivity contribution in [1.82, 2.24) is 0 Å². The van der Waals surface area contributed by atoms with E-state index in [-0.39, 0.29) is 18.2 Å². The summed E-state index contributed by atoms with van der Waals surface area (Å²) in [6.07, 6.45) is 0. The molecule has 0 radical (unpaired) electrons. The van der Waals surface area contributed by atoms with Crippen LogP contribution in [0.4, 0.5) is 0 Å². The molecule has 8 heteroatoms. The Morgan fingerprint density at radius 2 is 1.70 bits per heavy atom. The van der Waals surface area contributed by atoms with Crippen LogP contribution in [0.1, 0.15) is 25.3 Å². The van der Waals surface area contributed by atoms with Crippen LogP contribution in [0.5, 0.6) is 0 Å². The number of hydrogen-bond acceptors (Lipinski definition) is 6. The summed E-state index contributed by atoms with van der Waals surface area (Å²) in [6.45, 7) is 2.60. The van der Waals surface area contributed by atoms with Crippen molar-refractivity contribution in [3.63, 3.8) is 0 Å². The highest BCUT2D eigenvalue weighted by atomic mass is 35.5. The van der Waals surface area contributed by atoms with Crippen molar-refractivity contribution in [2.45, 2.75) is 19.8 Å². The fraction of sp³-hybridized carbons (Fsp3) is 0.467. The van der Waals surface area contributed by atoms with Gasteiger partial charge in [0.2, 0.25) is 6.54 Å². The number of nitrogens with zero attached hydrogens (tertiary/aromatic N) is 1. The number of nitro groups is 1. The lowest BCUT2D eigenvalue weighted by atomic mass is 9.85. The van der Waals surface area contributed by atoms with Crippen LogP contribution in [0.3, 0.4) is 0 Å². The van der Waals surface area contributed by atoms with E-state index in [1.165, 1.54) is 6.07 Å². The highest BCUT2D eigenvalue weighted by molar-refractivity contribution is 6.31. The molecule has 0 aliphatic rings. The summed E-state index contributed by atoms with van der Waals surface area (Å²) in [5, 5.41) is 11.3. The average molecular weight is 344 g/mol. The molecule has 0 aliphatic heterocycles. The van der Waals surface area contributed by atoms with Crippen molar-refractivity contribution < 1.29 is 24.0 Å². The Hall–Kier alpha value is -2.15. The zero-order chi connectivity index (χ0) is 17.4. The van der Waals surface area contributed by atoms with Crippen LogP contribution in [0.15, 0.2) is 24.3 Å². The monoisotopic (exact) mass is 343 g/mol. The van der Waals surface area contributed by atoms with Crippen LogP contribution in [-0.2, 0) is 19.1 Å². The number of rotatable bonds is 8. The van der Waals surface area contributed by atoms with E-state index >= 15 is 0 Å². The first-order valence-corrected chi connectivity index (χ1v) is 7.49. The van der Waals surface area contributed by atoms with Crippen molar-refractivity contribution in [2.24, 2.45) is 5.92 Å². The molecule has 0 heterocycles. The van der Waals surface area contributed by atoms with Gasteiger partial charge in [-0.1, -0.05) is 29.8 Å². The molecule has 0 N–H and O–H groups in total. The van der Waals surface area contributed by atoms with Crippen molar-refractivity contribution in [1.29, 1.82) is 0 Å². The van der Waals surface area contributed by atoms with Gasteiger partial charge in [-0.15, -0.1) is 0 Å². The molecule has 0 aromatic heterocycles. The van der Waals surface area contributed by atoms with Crippen molar-refractivity contribution in [3.05, 3.63) is 45.0 Å². The highest BCUT2D eigenvalue weighted by Gasteiger charge is 2.42. The molecule has 0 spiro atoms. The minimum absolute atomic E-state index is 0.0441. The van der Waals surface area contributed by atoms with E-state index in [0.717, 1.165) is 0 Å². The van der Waals surface area contributed by atoms with E-state index in [1.807, 2.05) is 0 Å². The molecule has 0 unspecified atom stereocenters. The normalized spacial score (nSPS) is 11.8. The lowest BCUT2D eigenvalue weighted by molar-refractivity contribution is -0.484. The first-order chi connectivity index (χ1) is 10.9. The maximum atomic E-state index is 12.2. The average Bonchev–Trinajstić information content (AvgIpc) is 2.47. The van der Waals surface area contributed by atoms with Gasteiger partial charge in [0, 0.05) is 9.95 Å². The number of ether oxygens (including phenoxy) is 2. The van der Waals surface area contributed by atoms with Crippen LogP contribution in [0.2, 0.25) is 5.02 Å². The Morgan fingerprint density at radius 1 is 1.17 bits per heavy atom. The van der Waals surface area contributed by atoms with Gasteiger partial charge in [-0.25, -0.2) is 0 Å². The number of carbonyl (C=O) groups is 2. The summed E-state index contributed by atoms with van der Waals surface area (Å²) in [5.41, 5.74) is 0.331. The fourth-order valence-corrected chi connectivity index (χ4v) is 2.48. The molecule has 0 amide bonds. The van der Waals surface area contributed by atoms with Gasteiger partial charge < -0.3 is 9.47 Å². The molecule has 0 saturated carbocycles. The van der Waals surface area contributed by atoms with Gasteiger partial charge in [0.1, 0.15) is 0 Å². The number of hydrogen-bond donors (Lipinski definition) is 0. The number of carbonyl (C=O) groups excluding carboxylic acids is 2. The predicted molar refractivity (Wildman–Crippen MR) is 82.8 cm³/mol. The predicted octanol–water partition coefficient (Wildman–Crippen LogP) is 2.44. The summed E-state index contributed by atoms with van der Waals surface area (Å²) in [4.78, 5) is 34.8. The summed E-state index contributed by atoms with van der Waals surface area (Å²) >= 11 is 6.08. The van der Waals surface area contributed by atoms with Gasteiger partial charge in [-0.05, 0) is 25.5 Å². The van der Waals surface area contributed by atoms with E-state index in [2.05, 4.69) is 0 Å². The van der Waals surface area contributed by atoms with Gasteiger partial charge in [0.05, 0.1) is 19.1 Å². The Kier molecular flexibility index (Phi) is 7.47. The maximum Gasteiger partial charge on any atom is 0.321 e. The Morgan fingerprint density at radius 3 is 2.13 bits per heavy atom. The molecular weight excluding hydrogens is 326 g/mol. The third-order valence-corrected chi connectivity index (χ3v) is 3.48. The van der Waals surface area contributed by atoms with Gasteiger partial charge >= 0.3 is 11.9 Å². The van der Waals surface area contributed by atoms with E-state index in [9.17, 15) is 19.7 Å². The third kappa shape index (κ3) is 5.21. The molecular formula is C15H18ClNO6. The third-order valence-electron chi connectivity index (χ3n) is 3.13. The molecule has 1 aromatic rings. The number of benzene rings is 1. The fourth-order valence-electron chi connectivity index (χ4n) is 2.21. The van der Waals surface area contributed by atoms with Crippen LogP contribution >= 0.6 is 11.6 Å². The molecule has 126 valence electrons. The molecule has 1 atom stereocenters. The second-order valence-electron chi connectivity index (χ2n) is 4.63. The first kappa shape index (κ1) is 18.9. The maximum absolute atomic E-state index is 12.2. The van der Waals surface area contributed by atoms with Gasteiger partial charge in [-0.2, -0.15) is 0 Å². The molecule has 1 aromatic carbocycles. The second kappa shape index (κ2) is 9.09. The van der Waals surface area contributed by atoms with E-state index in [0.29, 0.717) is 5.56 Å². The molecule has 0 fully saturated rings. The van der Waals surface area contributed by atoms with Crippen molar-refractivity contribution >= 4 is 23.5 Å². The highest BCUT2D eigenvalue weighted by Crippen LogP contribution is 2.32. The van der Waals surface area contributed by atoms with E-state index < -0.39 is 35.2 Å². The number of halogens is 1. The molecule has 1 rings (SSSR count). The lowest BCUT2D eigenvalue weighted by Crippen LogP contribution is -2.36. The summed E-state index contributed by atoms with van der Waals surface area (Å²) in [5.74, 6) is -4.24. The largest absolute Gasteiger partial charge is 0.465 e. The topological polar surface area (TPSA) is 95.7 Å². The van der Waals surface area contributed by atoms with Gasteiger partial charge in [-0.3, -0.25) is 19.7 Å². The Labute approximate surface area is 138 Å². The minimum atomic E-state index is -1.44. The smallest absolute Gasteiger partial charge is 0.321 e. The summed E-state index contributed by atoms with van der Waals surface area (Å²) < 4.78 is 9.78. The van der Waals surface area contributed by atoms with Crippen molar-refractivity contribution in [2.75, 3.05) is 19.8 Å². The van der Waals surface area contributed by atoms with Crippen LogP contribution < -0.4 is 0 Å². The van der Waals surface area contributed by atoms with Crippen LogP contribution in [0, 0.1) is 16.0 Å². The quantitative estimate of drug-likeness (QED) is 0.311. The van der Waals surface area contributed by atoms with Crippen LogP contribution in [0.25, 0.3) is 0 Å². The van der Waals surface area contributed by atoms with E-state index in [1.54, 1.807) is 32.0 Å². The summed E-state index contributed by atoms with van der Waals surface area (Å²) in [6, 6.07) is 6.36. The molecule has 0 bridgehead atoms. The Balaban J connectivity index is 3.31. The molecule has 23 heavy (non-hydrogen) atoms. The van der Waals surface area contributed by atoms with Gasteiger partial charge in [0.25, 0.3) is 0 Å². The van der Waals surface area contributed by atoms with Crippen LogP contribution in [-0.4, -0.2) is 36.6 Å². The first-order valence-electron chi connectivity index (χ1n) is 7.11. The minimum Gasteiger partial charge on any atom is -0.465 e. The van der Waals surface area contributed by atoms with E-state index in [4.69, 9.17) is 21.1 Å². The molecule has 0 aliphatic carbocycles. The lowest BCUT2D eigenvalue weighted by Gasteiger charge is -2.22.